The van der Waals surface area contributed by atoms with Crippen molar-refractivity contribution in [2.24, 2.45) is 4.99 Å². The lowest BCUT2D eigenvalue weighted by molar-refractivity contribution is -0.143. The molecule has 2 aromatic carbocycles. The van der Waals surface area contributed by atoms with Crippen molar-refractivity contribution < 1.29 is 19.1 Å². The van der Waals surface area contributed by atoms with Gasteiger partial charge < -0.3 is 14.8 Å². The molecule has 0 aromatic heterocycles. The SMILES string of the molecule is C=NC=CC=C(C)NC(=O)c1cc(CCC(=O)OCC)ccc1OCc1ccccc1. The lowest BCUT2D eigenvalue weighted by atomic mass is 10.0. The molecule has 162 valence electrons. The van der Waals surface area contributed by atoms with Gasteiger partial charge in [0.1, 0.15) is 12.4 Å². The lowest BCUT2D eigenvalue weighted by Crippen LogP contribution is -2.22. The van der Waals surface area contributed by atoms with Crippen LogP contribution < -0.4 is 10.1 Å². The van der Waals surface area contributed by atoms with Crippen LogP contribution in [0.4, 0.5) is 0 Å². The highest BCUT2D eigenvalue weighted by atomic mass is 16.5. The van der Waals surface area contributed by atoms with E-state index >= 15 is 0 Å². The van der Waals surface area contributed by atoms with E-state index in [2.05, 4.69) is 17.0 Å². The molecule has 0 radical (unpaired) electrons. The molecule has 0 saturated heterocycles. The Morgan fingerprint density at radius 1 is 1.13 bits per heavy atom. The molecular formula is C25H28N2O4. The number of carbonyl (C=O) groups excluding carboxylic acids is 2. The number of hydrogen-bond donors (Lipinski definition) is 1. The van der Waals surface area contributed by atoms with Gasteiger partial charge in [-0.05, 0) is 62.4 Å². The number of ether oxygens (including phenoxy) is 2. The minimum atomic E-state index is -0.297. The number of benzene rings is 2. The molecule has 2 rings (SSSR count). The molecule has 1 N–H and O–H groups in total. The van der Waals surface area contributed by atoms with Crippen molar-refractivity contribution in [3.05, 3.63) is 89.3 Å². The third-order valence-corrected chi connectivity index (χ3v) is 4.30. The summed E-state index contributed by atoms with van der Waals surface area (Å²) in [6.45, 7) is 7.61. The number of aryl methyl sites for hydroxylation is 1. The molecule has 2 aromatic rings. The highest BCUT2D eigenvalue weighted by Crippen LogP contribution is 2.23. The van der Waals surface area contributed by atoms with Crippen molar-refractivity contribution >= 4 is 18.6 Å². The van der Waals surface area contributed by atoms with E-state index in [0.29, 0.717) is 36.6 Å². The van der Waals surface area contributed by atoms with Crippen LogP contribution >= 0.6 is 0 Å². The van der Waals surface area contributed by atoms with Crippen LogP contribution in [0.5, 0.6) is 5.75 Å². The van der Waals surface area contributed by atoms with Gasteiger partial charge in [-0.3, -0.25) is 14.6 Å². The van der Waals surface area contributed by atoms with E-state index in [-0.39, 0.29) is 18.3 Å². The van der Waals surface area contributed by atoms with Gasteiger partial charge in [0.15, 0.2) is 0 Å². The largest absolute Gasteiger partial charge is 0.488 e. The van der Waals surface area contributed by atoms with Gasteiger partial charge in [0.2, 0.25) is 0 Å². The number of nitrogens with one attached hydrogen (secondary N) is 1. The van der Waals surface area contributed by atoms with Crippen LogP contribution in [0.25, 0.3) is 0 Å². The van der Waals surface area contributed by atoms with Crippen molar-refractivity contribution in [2.75, 3.05) is 6.61 Å². The normalized spacial score (nSPS) is 11.2. The number of aliphatic imine (C=N–C) groups is 1. The van der Waals surface area contributed by atoms with E-state index in [4.69, 9.17) is 9.47 Å². The number of carbonyl (C=O) groups is 2. The van der Waals surface area contributed by atoms with Crippen LogP contribution in [0.2, 0.25) is 0 Å². The average Bonchev–Trinajstić information content (AvgIpc) is 2.77. The molecule has 31 heavy (non-hydrogen) atoms. The molecule has 0 aliphatic carbocycles. The zero-order valence-electron chi connectivity index (χ0n) is 18.0. The molecule has 0 unspecified atom stereocenters. The molecule has 6 nitrogen and oxygen atoms in total. The van der Waals surface area contributed by atoms with E-state index in [1.807, 2.05) is 36.4 Å². The van der Waals surface area contributed by atoms with Gasteiger partial charge in [0.05, 0.1) is 12.2 Å². The van der Waals surface area contributed by atoms with Crippen LogP contribution in [-0.2, 0) is 22.6 Å². The summed E-state index contributed by atoms with van der Waals surface area (Å²) in [5.41, 5.74) is 2.90. The predicted octanol–water partition coefficient (Wildman–Crippen LogP) is 4.61. The van der Waals surface area contributed by atoms with Crippen LogP contribution in [0, 0.1) is 0 Å². The summed E-state index contributed by atoms with van der Waals surface area (Å²) >= 11 is 0. The van der Waals surface area contributed by atoms with E-state index in [9.17, 15) is 9.59 Å². The maximum atomic E-state index is 12.9. The molecule has 1 amide bonds. The Bertz CT molecular complexity index is 949. The van der Waals surface area contributed by atoms with Crippen molar-refractivity contribution in [1.82, 2.24) is 5.32 Å². The summed E-state index contributed by atoms with van der Waals surface area (Å²) < 4.78 is 10.9. The topological polar surface area (TPSA) is 77.0 Å². The zero-order valence-corrected chi connectivity index (χ0v) is 18.0. The second-order valence-corrected chi connectivity index (χ2v) is 6.74. The summed E-state index contributed by atoms with van der Waals surface area (Å²) in [7, 11) is 0. The van der Waals surface area contributed by atoms with Crippen LogP contribution in [0.3, 0.4) is 0 Å². The van der Waals surface area contributed by atoms with Gasteiger partial charge in [-0.25, -0.2) is 0 Å². The molecule has 0 atom stereocenters. The fourth-order valence-corrected chi connectivity index (χ4v) is 2.79. The van der Waals surface area contributed by atoms with E-state index in [1.165, 1.54) is 6.20 Å². The smallest absolute Gasteiger partial charge is 0.306 e. The molecule has 0 aliphatic heterocycles. The Labute approximate surface area is 183 Å². The van der Waals surface area contributed by atoms with Gasteiger partial charge in [0.25, 0.3) is 5.91 Å². The summed E-state index contributed by atoms with van der Waals surface area (Å²) in [6, 6.07) is 15.1. The fourth-order valence-electron chi connectivity index (χ4n) is 2.79. The Hall–Kier alpha value is -3.67. The standard InChI is InChI=1S/C25H28N2O4/c1-4-30-24(28)15-13-20-12-14-23(31-18-21-10-6-5-7-11-21)22(17-20)25(29)27-19(2)9-8-16-26-3/h5-12,14,16-17H,3-4,13,15,18H2,1-2H3,(H,27,29). The summed E-state index contributed by atoms with van der Waals surface area (Å²) in [6.07, 6.45) is 5.66. The highest BCUT2D eigenvalue weighted by Gasteiger charge is 2.15. The maximum Gasteiger partial charge on any atom is 0.306 e. The number of hydrogen-bond acceptors (Lipinski definition) is 5. The third-order valence-electron chi connectivity index (χ3n) is 4.30. The summed E-state index contributed by atoms with van der Waals surface area (Å²) in [5.74, 6) is -0.0913. The first-order valence-corrected chi connectivity index (χ1v) is 10.1. The van der Waals surface area contributed by atoms with Crippen molar-refractivity contribution in [3.8, 4) is 5.75 Å². The Morgan fingerprint density at radius 2 is 1.90 bits per heavy atom. The number of rotatable bonds is 11. The monoisotopic (exact) mass is 420 g/mol. The van der Waals surface area contributed by atoms with Crippen LogP contribution in [0.1, 0.15) is 41.8 Å². The van der Waals surface area contributed by atoms with Crippen LogP contribution in [-0.4, -0.2) is 25.2 Å². The minimum absolute atomic E-state index is 0.247. The van der Waals surface area contributed by atoms with Crippen molar-refractivity contribution in [1.29, 1.82) is 0 Å². The number of nitrogens with zero attached hydrogens (tertiary/aromatic N) is 1. The van der Waals surface area contributed by atoms with Crippen molar-refractivity contribution in [2.45, 2.75) is 33.3 Å². The number of amides is 1. The highest BCUT2D eigenvalue weighted by molar-refractivity contribution is 5.98. The lowest BCUT2D eigenvalue weighted by Gasteiger charge is -2.14. The molecule has 0 fully saturated rings. The number of allylic oxidation sites excluding steroid dienone is 3. The summed E-state index contributed by atoms with van der Waals surface area (Å²) in [5, 5.41) is 2.84. The predicted molar refractivity (Wildman–Crippen MR) is 122 cm³/mol. The Balaban J connectivity index is 2.21. The average molecular weight is 421 g/mol. The van der Waals surface area contributed by atoms with Gasteiger partial charge in [-0.15, -0.1) is 0 Å². The molecule has 6 heteroatoms. The second-order valence-electron chi connectivity index (χ2n) is 6.74. The molecule has 0 saturated carbocycles. The molecule has 0 heterocycles. The van der Waals surface area contributed by atoms with E-state index < -0.39 is 0 Å². The molecule has 0 bridgehead atoms. The Morgan fingerprint density at radius 3 is 2.61 bits per heavy atom. The van der Waals surface area contributed by atoms with E-state index in [0.717, 1.165) is 11.1 Å². The Kier molecular flexibility index (Phi) is 9.75. The van der Waals surface area contributed by atoms with Gasteiger partial charge >= 0.3 is 5.97 Å². The van der Waals surface area contributed by atoms with E-state index in [1.54, 1.807) is 38.1 Å². The second kappa shape index (κ2) is 12.8. The summed E-state index contributed by atoms with van der Waals surface area (Å²) in [4.78, 5) is 28.2. The van der Waals surface area contributed by atoms with Gasteiger partial charge in [0, 0.05) is 18.3 Å². The first-order valence-electron chi connectivity index (χ1n) is 10.1. The van der Waals surface area contributed by atoms with Crippen LogP contribution in [0.15, 0.2) is 77.6 Å². The van der Waals surface area contributed by atoms with Crippen molar-refractivity contribution in [3.63, 3.8) is 0 Å². The first kappa shape index (κ1) is 23.6. The molecule has 0 spiro atoms. The molecule has 0 aliphatic rings. The number of esters is 1. The van der Waals surface area contributed by atoms with Gasteiger partial charge in [-0.2, -0.15) is 0 Å². The van der Waals surface area contributed by atoms with Gasteiger partial charge in [-0.1, -0.05) is 36.4 Å². The third kappa shape index (κ3) is 8.30. The maximum absolute atomic E-state index is 12.9. The quantitative estimate of drug-likeness (QED) is 0.327. The minimum Gasteiger partial charge on any atom is -0.488 e. The zero-order chi connectivity index (χ0) is 22.5. The fraction of sp³-hybridized carbons (Fsp3) is 0.240. The first-order chi connectivity index (χ1) is 15.0. The molecular weight excluding hydrogens is 392 g/mol.